The number of pyridine rings is 1. The predicted molar refractivity (Wildman–Crippen MR) is 122 cm³/mol. The minimum atomic E-state index is -2.63. The highest BCUT2D eigenvalue weighted by Gasteiger charge is 2.49. The van der Waals surface area contributed by atoms with E-state index in [1.54, 1.807) is 16.7 Å². The van der Waals surface area contributed by atoms with Crippen LogP contribution in [0.4, 0.5) is 19.0 Å². The first-order valence-electron chi connectivity index (χ1n) is 11.4. The van der Waals surface area contributed by atoms with Crippen LogP contribution in [0.25, 0.3) is 22.2 Å². The fraction of sp³-hybridized carbons (Fsp3) is 0.458. The van der Waals surface area contributed by atoms with Gasteiger partial charge in [-0.25, -0.2) is 23.1 Å². The van der Waals surface area contributed by atoms with Crippen molar-refractivity contribution in [2.45, 2.75) is 44.3 Å². The molecule has 6 rings (SSSR count). The monoisotopic (exact) mass is 490 g/mol. The van der Waals surface area contributed by atoms with Gasteiger partial charge in [-0.2, -0.15) is 0 Å². The fourth-order valence-electron chi connectivity index (χ4n) is 5.24. The zero-order chi connectivity index (χ0) is 23.6. The maximum absolute atomic E-state index is 15.0. The van der Waals surface area contributed by atoms with Crippen LogP contribution in [0.15, 0.2) is 29.1 Å². The molecule has 1 saturated carbocycles. The predicted octanol–water partition coefficient (Wildman–Crippen LogP) is 4.45. The van der Waals surface area contributed by atoms with Gasteiger partial charge in [-0.3, -0.25) is 9.36 Å². The lowest BCUT2D eigenvalue weighted by Crippen LogP contribution is -2.52. The lowest BCUT2D eigenvalue weighted by Gasteiger charge is -2.44. The van der Waals surface area contributed by atoms with Gasteiger partial charge >= 0.3 is 0 Å². The molecule has 1 aliphatic carbocycles. The maximum atomic E-state index is 15.0. The average molecular weight is 491 g/mol. The van der Waals surface area contributed by atoms with Gasteiger partial charge in [0.25, 0.3) is 5.56 Å². The van der Waals surface area contributed by atoms with Crippen molar-refractivity contribution in [1.82, 2.24) is 14.5 Å². The summed E-state index contributed by atoms with van der Waals surface area (Å²) in [5, 5.41) is 0.613. The Kier molecular flexibility index (Phi) is 5.11. The van der Waals surface area contributed by atoms with Crippen molar-refractivity contribution in [2.75, 3.05) is 24.6 Å². The van der Waals surface area contributed by atoms with Crippen LogP contribution < -0.4 is 10.5 Å². The minimum Gasteiger partial charge on any atom is -0.374 e. The number of hydrogen-bond acceptors (Lipinski definition) is 5. The van der Waals surface area contributed by atoms with Crippen LogP contribution in [0.2, 0.25) is 5.02 Å². The second kappa shape index (κ2) is 7.95. The van der Waals surface area contributed by atoms with Gasteiger partial charge in [-0.15, -0.1) is 0 Å². The van der Waals surface area contributed by atoms with E-state index in [0.29, 0.717) is 55.2 Å². The first-order chi connectivity index (χ1) is 16.3. The van der Waals surface area contributed by atoms with Crippen LogP contribution in [-0.4, -0.2) is 46.3 Å². The number of hydrogen-bond donors (Lipinski definition) is 0. The molecule has 2 aromatic heterocycles. The van der Waals surface area contributed by atoms with E-state index in [1.807, 2.05) is 4.90 Å². The number of anilines is 1. The molecule has 178 valence electrons. The van der Waals surface area contributed by atoms with Crippen molar-refractivity contribution >= 4 is 28.3 Å². The summed E-state index contributed by atoms with van der Waals surface area (Å²) < 4.78 is 49.3. The third-order valence-corrected chi connectivity index (χ3v) is 7.28. The summed E-state index contributed by atoms with van der Waals surface area (Å²) in [6.45, 7) is 1.81. The summed E-state index contributed by atoms with van der Waals surface area (Å²) in [7, 11) is 0. The number of nitrogens with zero attached hydrogens (tertiary/aromatic N) is 4. The van der Waals surface area contributed by atoms with Crippen molar-refractivity contribution in [1.29, 1.82) is 0 Å². The molecule has 0 spiro atoms. The number of ether oxygens (including phenoxy) is 1. The topological polar surface area (TPSA) is 60.3 Å². The number of aryl methyl sites for hydroxylation is 1. The molecule has 6 nitrogen and oxygen atoms in total. The van der Waals surface area contributed by atoms with Crippen LogP contribution >= 0.6 is 11.6 Å². The quantitative estimate of drug-likeness (QED) is 0.543. The van der Waals surface area contributed by atoms with Crippen LogP contribution in [0.3, 0.4) is 0 Å². The van der Waals surface area contributed by atoms with Gasteiger partial charge in [0.1, 0.15) is 28.7 Å². The minimum absolute atomic E-state index is 0.180. The molecule has 3 aromatic rings. The van der Waals surface area contributed by atoms with E-state index in [2.05, 4.69) is 0 Å². The van der Waals surface area contributed by atoms with E-state index in [9.17, 15) is 18.0 Å². The third-order valence-electron chi connectivity index (χ3n) is 7.04. The maximum Gasteiger partial charge on any atom is 0.261 e. The highest BCUT2D eigenvalue weighted by atomic mass is 35.5. The first kappa shape index (κ1) is 21.9. The normalized spacial score (nSPS) is 22.1. The van der Waals surface area contributed by atoms with Crippen molar-refractivity contribution < 1.29 is 17.9 Å². The van der Waals surface area contributed by atoms with Crippen molar-refractivity contribution in [3.63, 3.8) is 0 Å². The Morgan fingerprint density at radius 2 is 1.97 bits per heavy atom. The highest BCUT2D eigenvalue weighted by molar-refractivity contribution is 6.30. The molecule has 0 radical (unpaired) electrons. The zero-order valence-electron chi connectivity index (χ0n) is 18.2. The zero-order valence-corrected chi connectivity index (χ0v) is 19.0. The van der Waals surface area contributed by atoms with Crippen LogP contribution in [0.1, 0.15) is 25.1 Å². The van der Waals surface area contributed by atoms with Crippen molar-refractivity contribution in [3.8, 4) is 11.3 Å². The van der Waals surface area contributed by atoms with Gasteiger partial charge in [-0.1, -0.05) is 11.6 Å². The standard InChI is InChI=1S/C24H22ClF3N4O2/c25-14-3-4-15(17(26)8-14)21-22-16(23(33)32-5-1-2-19(32)29-22)9-20(30-21)31-6-7-34-18(12-31)13-10-24(27,28)11-13/h3-4,8-9,13,18H,1-2,5-7,10-12H2. The lowest BCUT2D eigenvalue weighted by molar-refractivity contribution is -0.154. The Bertz CT molecular complexity index is 1350. The second-order valence-corrected chi connectivity index (χ2v) is 9.75. The van der Waals surface area contributed by atoms with Gasteiger partial charge in [0.05, 0.1) is 18.1 Å². The Balaban J connectivity index is 1.47. The molecule has 1 unspecified atom stereocenters. The number of alkyl halides is 2. The van der Waals surface area contributed by atoms with Gasteiger partial charge in [0, 0.05) is 49.5 Å². The SMILES string of the molecule is O=c1c2cc(N3CCOC(C4CC(F)(F)C4)C3)nc(-c3ccc(Cl)cc3F)c2nc2n1CCC2. The number of halogens is 4. The molecule has 2 fully saturated rings. The fourth-order valence-corrected chi connectivity index (χ4v) is 5.40. The molecule has 3 aliphatic rings. The van der Waals surface area contributed by atoms with Crippen molar-refractivity contribution in [3.05, 3.63) is 51.3 Å². The molecule has 1 aromatic carbocycles. The average Bonchev–Trinajstić information content (AvgIpc) is 3.26. The molecule has 0 N–H and O–H groups in total. The molecule has 34 heavy (non-hydrogen) atoms. The third kappa shape index (κ3) is 3.65. The second-order valence-electron chi connectivity index (χ2n) is 9.32. The first-order valence-corrected chi connectivity index (χ1v) is 11.8. The van der Waals surface area contributed by atoms with Crippen LogP contribution in [0.5, 0.6) is 0 Å². The number of aromatic nitrogens is 3. The largest absolute Gasteiger partial charge is 0.374 e. The number of benzene rings is 1. The number of fused-ring (bicyclic) bond motifs is 2. The molecule has 4 heterocycles. The van der Waals surface area contributed by atoms with Gasteiger partial charge in [-0.05, 0) is 36.6 Å². The molecule has 1 saturated heterocycles. The van der Waals surface area contributed by atoms with Crippen molar-refractivity contribution in [2.24, 2.45) is 5.92 Å². The van der Waals surface area contributed by atoms with E-state index in [-0.39, 0.29) is 46.7 Å². The summed E-state index contributed by atoms with van der Waals surface area (Å²) in [5.41, 5.74) is 0.647. The van der Waals surface area contributed by atoms with Crippen LogP contribution in [0, 0.1) is 11.7 Å². The molecule has 2 aliphatic heterocycles. The lowest BCUT2D eigenvalue weighted by atomic mass is 9.77. The number of rotatable bonds is 3. The molecule has 10 heteroatoms. The van der Waals surface area contributed by atoms with Gasteiger partial charge < -0.3 is 9.64 Å². The smallest absolute Gasteiger partial charge is 0.261 e. The van der Waals surface area contributed by atoms with E-state index in [0.717, 1.165) is 6.42 Å². The molecular weight excluding hydrogens is 469 g/mol. The molecular formula is C24H22ClF3N4O2. The number of morpholine rings is 1. The van der Waals surface area contributed by atoms with Gasteiger partial charge in [0.2, 0.25) is 5.92 Å². The van der Waals surface area contributed by atoms with E-state index >= 15 is 0 Å². The van der Waals surface area contributed by atoms with Gasteiger partial charge in [0.15, 0.2) is 0 Å². The Hall–Kier alpha value is -2.65. The summed E-state index contributed by atoms with van der Waals surface area (Å²) in [6, 6.07) is 6.00. The summed E-state index contributed by atoms with van der Waals surface area (Å²) in [5.74, 6) is -2.26. The molecule has 1 atom stereocenters. The molecule has 0 bridgehead atoms. The Morgan fingerprint density at radius 3 is 2.74 bits per heavy atom. The van der Waals surface area contributed by atoms with Crippen LogP contribution in [-0.2, 0) is 17.7 Å². The Labute approximate surface area is 198 Å². The van der Waals surface area contributed by atoms with E-state index < -0.39 is 11.7 Å². The van der Waals surface area contributed by atoms with E-state index in [1.165, 1.54) is 12.1 Å². The summed E-state index contributed by atoms with van der Waals surface area (Å²) in [4.78, 5) is 24.7. The summed E-state index contributed by atoms with van der Waals surface area (Å²) >= 11 is 5.96. The Morgan fingerprint density at radius 1 is 1.15 bits per heavy atom. The highest BCUT2D eigenvalue weighted by Crippen LogP contribution is 2.45. The van der Waals surface area contributed by atoms with E-state index in [4.69, 9.17) is 26.3 Å². The molecule has 0 amide bonds. The summed E-state index contributed by atoms with van der Waals surface area (Å²) in [6.07, 6.45) is 0.776.